The molecule has 8 heteroatoms. The molecule has 0 aliphatic carbocycles. The van der Waals surface area contributed by atoms with E-state index in [0.29, 0.717) is 6.54 Å². The van der Waals surface area contributed by atoms with Crippen LogP contribution in [0.5, 0.6) is 0 Å². The lowest BCUT2D eigenvalue weighted by molar-refractivity contribution is -0.671. The molecule has 0 saturated carbocycles. The molecule has 0 aliphatic rings. The predicted molar refractivity (Wildman–Crippen MR) is 44.8 cm³/mol. The fourth-order valence-corrected chi connectivity index (χ4v) is 0.783. The normalized spacial score (nSPS) is 10.7. The zero-order valence-corrected chi connectivity index (χ0v) is 7.71. The van der Waals surface area contributed by atoms with Gasteiger partial charge in [-0.2, -0.15) is 0 Å². The van der Waals surface area contributed by atoms with Crippen LogP contribution in [0.2, 0.25) is 0 Å². The Labute approximate surface area is 79.2 Å². The largest absolute Gasteiger partial charge is 0.673 e. The van der Waals surface area contributed by atoms with E-state index in [-0.39, 0.29) is 0 Å². The van der Waals surface area contributed by atoms with Gasteiger partial charge in [-0.15, -0.1) is 0 Å². The molecule has 1 rings (SSSR count). The summed E-state index contributed by atoms with van der Waals surface area (Å²) >= 11 is 0. The van der Waals surface area contributed by atoms with Crippen LogP contribution in [0.15, 0.2) is 18.7 Å². The molecule has 3 nitrogen and oxygen atoms in total. The molecule has 0 unspecified atom stereocenters. The number of halogens is 4. The van der Waals surface area contributed by atoms with Crippen LogP contribution in [0.1, 0.15) is 0 Å². The number of hydrogen-bond acceptors (Lipinski definition) is 1. The van der Waals surface area contributed by atoms with Crippen molar-refractivity contribution in [2.75, 3.05) is 6.54 Å². The Kier molecular flexibility index (Phi) is 5.22. The van der Waals surface area contributed by atoms with Crippen LogP contribution >= 0.6 is 0 Å². The molecule has 0 atom stereocenters. The molecule has 2 N–H and O–H groups in total. The highest BCUT2D eigenvalue weighted by Gasteiger charge is 2.20. The van der Waals surface area contributed by atoms with Crippen molar-refractivity contribution in [3.63, 3.8) is 0 Å². The molecule has 0 spiro atoms. The first-order valence-corrected chi connectivity index (χ1v) is 3.91. The Hall–Kier alpha value is -1.05. The van der Waals surface area contributed by atoms with Gasteiger partial charge in [-0.1, -0.05) is 0 Å². The Morgan fingerprint density at radius 1 is 1.36 bits per heavy atom. The Morgan fingerprint density at radius 2 is 1.86 bits per heavy atom. The molecule has 14 heavy (non-hydrogen) atoms. The lowest BCUT2D eigenvalue weighted by Gasteiger charge is -1.94. The summed E-state index contributed by atoms with van der Waals surface area (Å²) in [5, 5.41) is 0. The number of hydrogen-bond donors (Lipinski definition) is 1. The van der Waals surface area contributed by atoms with Crippen molar-refractivity contribution < 1.29 is 21.8 Å². The van der Waals surface area contributed by atoms with Gasteiger partial charge in [0.05, 0.1) is 7.05 Å². The maximum atomic E-state index is 9.75. The van der Waals surface area contributed by atoms with Gasteiger partial charge in [0.1, 0.15) is 18.9 Å². The number of nitrogens with zero attached hydrogens (tertiary/aromatic N) is 2. The number of aromatic nitrogens is 2. The van der Waals surface area contributed by atoms with Crippen molar-refractivity contribution in [2.24, 2.45) is 12.8 Å². The van der Waals surface area contributed by atoms with Gasteiger partial charge < -0.3 is 23.0 Å². The van der Waals surface area contributed by atoms with E-state index in [1.54, 1.807) is 0 Å². The van der Waals surface area contributed by atoms with Gasteiger partial charge in [0.2, 0.25) is 6.33 Å². The highest BCUT2D eigenvalue weighted by Crippen LogP contribution is 2.06. The zero-order valence-electron chi connectivity index (χ0n) is 7.71. The molecule has 0 amide bonds. The van der Waals surface area contributed by atoms with E-state index in [9.17, 15) is 17.3 Å². The van der Waals surface area contributed by atoms with E-state index in [0.717, 1.165) is 6.54 Å². The summed E-state index contributed by atoms with van der Waals surface area (Å²) in [4.78, 5) is 0. The predicted octanol–water partition coefficient (Wildman–Crippen LogP) is 0.571. The Balaban J connectivity index is 0.000000292. The summed E-state index contributed by atoms with van der Waals surface area (Å²) in [7, 11) is -4.01. The lowest BCUT2D eigenvalue weighted by Crippen LogP contribution is -2.24. The molecule has 0 bridgehead atoms. The van der Waals surface area contributed by atoms with Gasteiger partial charge in [0.15, 0.2) is 0 Å². The first-order chi connectivity index (χ1) is 6.33. The molecular formula is C6H12BF4N3. The van der Waals surface area contributed by atoms with Crippen molar-refractivity contribution in [1.82, 2.24) is 4.57 Å². The molecular weight excluding hydrogens is 201 g/mol. The van der Waals surface area contributed by atoms with E-state index >= 15 is 0 Å². The number of imidazole rings is 1. The van der Waals surface area contributed by atoms with E-state index in [4.69, 9.17) is 5.73 Å². The summed E-state index contributed by atoms with van der Waals surface area (Å²) in [6.45, 7) is 1.61. The average molecular weight is 213 g/mol. The standard InChI is InChI=1S/C6H12N3.BF4/c1-8-4-5-9(6-8)3-2-7;2-1(3,4)5/h4-6H,2-3,7H2,1H3;/q+1;-1. The maximum absolute atomic E-state index is 9.75. The van der Waals surface area contributed by atoms with Gasteiger partial charge in [0.25, 0.3) is 0 Å². The lowest BCUT2D eigenvalue weighted by atomic mass is 10.3. The van der Waals surface area contributed by atoms with Crippen molar-refractivity contribution in [3.05, 3.63) is 18.7 Å². The Bertz CT molecular complexity index is 254. The summed E-state index contributed by atoms with van der Waals surface area (Å²) in [5.74, 6) is 0. The van der Waals surface area contributed by atoms with E-state index < -0.39 is 7.25 Å². The highest BCUT2D eigenvalue weighted by atomic mass is 19.5. The van der Waals surface area contributed by atoms with Crippen molar-refractivity contribution in [1.29, 1.82) is 0 Å². The van der Waals surface area contributed by atoms with Gasteiger partial charge in [-0.05, 0) is 0 Å². The van der Waals surface area contributed by atoms with Crippen molar-refractivity contribution >= 4 is 7.25 Å². The van der Waals surface area contributed by atoms with E-state index in [1.807, 2.05) is 30.3 Å². The number of aryl methyl sites for hydroxylation is 1. The minimum atomic E-state index is -6.00. The second kappa shape index (κ2) is 5.64. The van der Waals surface area contributed by atoms with Gasteiger partial charge in [-0.3, -0.25) is 0 Å². The monoisotopic (exact) mass is 213 g/mol. The average Bonchev–Trinajstić information content (AvgIpc) is 2.32. The second-order valence-corrected chi connectivity index (χ2v) is 2.60. The first kappa shape index (κ1) is 13.0. The van der Waals surface area contributed by atoms with Crippen molar-refractivity contribution in [2.45, 2.75) is 6.54 Å². The van der Waals surface area contributed by atoms with Crippen molar-refractivity contribution in [3.8, 4) is 0 Å². The fraction of sp³-hybridized carbons (Fsp3) is 0.500. The van der Waals surface area contributed by atoms with Crippen LogP contribution in [0.3, 0.4) is 0 Å². The molecule has 0 aliphatic heterocycles. The van der Waals surface area contributed by atoms with Crippen LogP contribution in [0, 0.1) is 0 Å². The Morgan fingerprint density at radius 3 is 2.14 bits per heavy atom. The molecule has 82 valence electrons. The van der Waals surface area contributed by atoms with Gasteiger partial charge in [0, 0.05) is 6.54 Å². The SMILES string of the molecule is C[n+]1ccn(CCN)c1.F[B-](F)(F)F. The molecule has 1 heterocycles. The van der Waals surface area contributed by atoms with Gasteiger partial charge in [-0.25, -0.2) is 9.13 Å². The maximum Gasteiger partial charge on any atom is 0.673 e. The third-order valence-electron chi connectivity index (χ3n) is 1.21. The molecule has 0 radical (unpaired) electrons. The van der Waals surface area contributed by atoms with Crippen LogP contribution in [-0.2, 0) is 13.6 Å². The molecule has 0 aromatic carbocycles. The highest BCUT2D eigenvalue weighted by molar-refractivity contribution is 6.50. The topological polar surface area (TPSA) is 34.8 Å². The second-order valence-electron chi connectivity index (χ2n) is 2.60. The zero-order chi connectivity index (χ0) is 11.2. The molecule has 0 saturated heterocycles. The van der Waals surface area contributed by atoms with Crippen LogP contribution in [-0.4, -0.2) is 18.4 Å². The minimum Gasteiger partial charge on any atom is -0.418 e. The van der Waals surface area contributed by atoms with Crippen LogP contribution in [0.4, 0.5) is 17.3 Å². The number of nitrogens with two attached hydrogens (primary N) is 1. The first-order valence-electron chi connectivity index (χ1n) is 3.91. The minimum absolute atomic E-state index is 0.703. The molecule has 0 fully saturated rings. The summed E-state index contributed by atoms with van der Waals surface area (Å²) < 4.78 is 43.1. The van der Waals surface area contributed by atoms with E-state index in [1.165, 1.54) is 0 Å². The van der Waals surface area contributed by atoms with Gasteiger partial charge >= 0.3 is 7.25 Å². The molecule has 1 aromatic rings. The quantitative estimate of drug-likeness (QED) is 0.435. The third kappa shape index (κ3) is 9.05. The summed E-state index contributed by atoms with van der Waals surface area (Å²) in [5.41, 5.74) is 5.34. The molecule has 1 aromatic heterocycles. The van der Waals surface area contributed by atoms with Crippen LogP contribution in [0.25, 0.3) is 0 Å². The summed E-state index contributed by atoms with van der Waals surface area (Å²) in [6.07, 6.45) is 6.01. The fourth-order valence-electron chi connectivity index (χ4n) is 0.783. The summed E-state index contributed by atoms with van der Waals surface area (Å²) in [6, 6.07) is 0. The number of rotatable bonds is 2. The third-order valence-corrected chi connectivity index (χ3v) is 1.21. The smallest absolute Gasteiger partial charge is 0.418 e. The van der Waals surface area contributed by atoms with E-state index in [2.05, 4.69) is 4.57 Å². The van der Waals surface area contributed by atoms with Crippen LogP contribution < -0.4 is 10.3 Å².